The van der Waals surface area contributed by atoms with Gasteiger partial charge in [-0.2, -0.15) is 0 Å². The van der Waals surface area contributed by atoms with E-state index in [0.29, 0.717) is 38.8 Å². The fourth-order valence-electron chi connectivity index (χ4n) is 3.14. The molecule has 0 spiro atoms. The lowest BCUT2D eigenvalue weighted by Gasteiger charge is -2.34. The van der Waals surface area contributed by atoms with Crippen LogP contribution in [0.1, 0.15) is 25.5 Å². The van der Waals surface area contributed by atoms with Gasteiger partial charge in [-0.25, -0.2) is 8.42 Å². The number of hydrogen-bond donors (Lipinski definition) is 2. The Balaban J connectivity index is 2.11. The first kappa shape index (κ1) is 23.4. The first-order chi connectivity index (χ1) is 14.0. The molecule has 0 radical (unpaired) electrons. The molecule has 1 aliphatic rings. The SMILES string of the molecule is CCNC(=NCC(c1ccc(OC)cc1)N1CCOCC1)NCCS(=O)(=O)CC. The van der Waals surface area contributed by atoms with Crippen LogP contribution in [0.5, 0.6) is 5.75 Å². The number of nitrogens with one attached hydrogen (secondary N) is 2. The second-order valence-electron chi connectivity index (χ2n) is 6.82. The smallest absolute Gasteiger partial charge is 0.191 e. The maximum Gasteiger partial charge on any atom is 0.191 e. The van der Waals surface area contributed by atoms with E-state index in [2.05, 4.69) is 27.7 Å². The average Bonchev–Trinajstić information content (AvgIpc) is 2.75. The Morgan fingerprint density at radius 3 is 2.48 bits per heavy atom. The first-order valence-corrected chi connectivity index (χ1v) is 12.0. The van der Waals surface area contributed by atoms with Crippen molar-refractivity contribution in [2.45, 2.75) is 19.9 Å². The van der Waals surface area contributed by atoms with Gasteiger partial charge in [0.25, 0.3) is 0 Å². The monoisotopic (exact) mass is 426 g/mol. The number of guanidine groups is 1. The summed E-state index contributed by atoms with van der Waals surface area (Å²) in [5.74, 6) is 1.70. The van der Waals surface area contributed by atoms with Crippen LogP contribution in [0.25, 0.3) is 0 Å². The Kier molecular flexibility index (Phi) is 9.69. The van der Waals surface area contributed by atoms with E-state index in [4.69, 9.17) is 14.5 Å². The van der Waals surface area contributed by atoms with Crippen molar-refractivity contribution in [3.63, 3.8) is 0 Å². The van der Waals surface area contributed by atoms with Gasteiger partial charge in [0.1, 0.15) is 5.75 Å². The summed E-state index contributed by atoms with van der Waals surface area (Å²) in [7, 11) is -1.35. The van der Waals surface area contributed by atoms with E-state index in [9.17, 15) is 8.42 Å². The van der Waals surface area contributed by atoms with Gasteiger partial charge < -0.3 is 20.1 Å². The van der Waals surface area contributed by atoms with Crippen molar-refractivity contribution < 1.29 is 17.9 Å². The summed E-state index contributed by atoms with van der Waals surface area (Å²) < 4.78 is 34.2. The quantitative estimate of drug-likeness (QED) is 0.427. The molecule has 8 nitrogen and oxygen atoms in total. The molecule has 2 rings (SSSR count). The Morgan fingerprint density at radius 1 is 1.21 bits per heavy atom. The minimum atomic E-state index is -3.01. The van der Waals surface area contributed by atoms with Crippen LogP contribution < -0.4 is 15.4 Å². The molecule has 1 unspecified atom stereocenters. The van der Waals surface area contributed by atoms with Crippen LogP contribution in [0, 0.1) is 0 Å². The van der Waals surface area contributed by atoms with Crippen molar-refractivity contribution in [1.29, 1.82) is 0 Å². The molecule has 1 saturated heterocycles. The van der Waals surface area contributed by atoms with Gasteiger partial charge in [-0.15, -0.1) is 0 Å². The Hall–Kier alpha value is -1.84. The zero-order valence-electron chi connectivity index (χ0n) is 17.7. The van der Waals surface area contributed by atoms with Crippen LogP contribution in [0.2, 0.25) is 0 Å². The Labute approximate surface area is 174 Å². The van der Waals surface area contributed by atoms with E-state index in [0.717, 1.165) is 18.8 Å². The first-order valence-electron chi connectivity index (χ1n) is 10.2. The highest BCUT2D eigenvalue weighted by atomic mass is 32.2. The summed E-state index contributed by atoms with van der Waals surface area (Å²) >= 11 is 0. The standard InChI is InChI=1S/C20H34N4O4S/c1-4-21-20(22-10-15-29(25,26)5-2)23-16-19(24-11-13-28-14-12-24)17-6-8-18(27-3)9-7-17/h6-9,19H,4-5,10-16H2,1-3H3,(H2,21,22,23). The van der Waals surface area contributed by atoms with Crippen molar-refractivity contribution >= 4 is 15.8 Å². The van der Waals surface area contributed by atoms with E-state index in [1.807, 2.05) is 19.1 Å². The lowest BCUT2D eigenvalue weighted by Crippen LogP contribution is -2.42. The van der Waals surface area contributed by atoms with E-state index in [-0.39, 0.29) is 17.5 Å². The van der Waals surface area contributed by atoms with Crippen molar-refractivity contribution in [2.75, 3.05) is 64.6 Å². The lowest BCUT2D eigenvalue weighted by molar-refractivity contribution is 0.0179. The van der Waals surface area contributed by atoms with Crippen LogP contribution in [-0.2, 0) is 14.6 Å². The number of hydrogen-bond acceptors (Lipinski definition) is 6. The van der Waals surface area contributed by atoms with Gasteiger partial charge in [0.15, 0.2) is 15.8 Å². The molecule has 1 atom stereocenters. The molecule has 0 amide bonds. The zero-order chi connectivity index (χ0) is 21.1. The highest BCUT2D eigenvalue weighted by Gasteiger charge is 2.22. The van der Waals surface area contributed by atoms with Crippen molar-refractivity contribution in [3.05, 3.63) is 29.8 Å². The third-order valence-corrected chi connectivity index (χ3v) is 6.60. The molecule has 1 aliphatic heterocycles. The lowest BCUT2D eigenvalue weighted by atomic mass is 10.0. The average molecular weight is 427 g/mol. The van der Waals surface area contributed by atoms with Gasteiger partial charge in [-0.1, -0.05) is 19.1 Å². The van der Waals surface area contributed by atoms with E-state index in [1.54, 1.807) is 14.0 Å². The minimum absolute atomic E-state index is 0.0965. The van der Waals surface area contributed by atoms with Crippen molar-refractivity contribution in [2.24, 2.45) is 4.99 Å². The molecule has 0 aliphatic carbocycles. The normalized spacial score (nSPS) is 17.0. The predicted molar refractivity (Wildman–Crippen MR) is 116 cm³/mol. The summed E-state index contributed by atoms with van der Waals surface area (Å²) in [6.45, 7) is 8.38. The highest BCUT2D eigenvalue weighted by molar-refractivity contribution is 7.91. The maximum atomic E-state index is 11.7. The van der Waals surface area contributed by atoms with Crippen LogP contribution in [0.4, 0.5) is 0 Å². The molecule has 29 heavy (non-hydrogen) atoms. The zero-order valence-corrected chi connectivity index (χ0v) is 18.5. The van der Waals surface area contributed by atoms with Crippen LogP contribution >= 0.6 is 0 Å². The number of benzene rings is 1. The van der Waals surface area contributed by atoms with Gasteiger partial charge in [0, 0.05) is 31.9 Å². The predicted octanol–water partition coefficient (Wildman–Crippen LogP) is 1.06. The fourth-order valence-corrected chi connectivity index (χ4v) is 3.84. The molecule has 0 saturated carbocycles. The molecule has 1 aromatic carbocycles. The summed E-state index contributed by atoms with van der Waals surface area (Å²) in [6, 6.07) is 8.18. The minimum Gasteiger partial charge on any atom is -0.497 e. The van der Waals surface area contributed by atoms with Crippen LogP contribution in [0.3, 0.4) is 0 Å². The molecular weight excluding hydrogens is 392 g/mol. The largest absolute Gasteiger partial charge is 0.497 e. The van der Waals surface area contributed by atoms with E-state index < -0.39 is 9.84 Å². The molecule has 1 heterocycles. The maximum absolute atomic E-state index is 11.7. The van der Waals surface area contributed by atoms with Crippen LogP contribution in [0.15, 0.2) is 29.3 Å². The van der Waals surface area contributed by atoms with Gasteiger partial charge in [0.05, 0.1) is 38.7 Å². The van der Waals surface area contributed by atoms with E-state index >= 15 is 0 Å². The summed E-state index contributed by atoms with van der Waals surface area (Å²) in [4.78, 5) is 7.11. The topological polar surface area (TPSA) is 92.3 Å². The second-order valence-corrected chi connectivity index (χ2v) is 9.29. The molecule has 2 N–H and O–H groups in total. The molecule has 0 aromatic heterocycles. The molecule has 9 heteroatoms. The van der Waals surface area contributed by atoms with E-state index in [1.165, 1.54) is 5.56 Å². The summed E-state index contributed by atoms with van der Waals surface area (Å²) in [5, 5.41) is 6.33. The third kappa shape index (κ3) is 7.83. The summed E-state index contributed by atoms with van der Waals surface area (Å²) in [5.41, 5.74) is 1.17. The van der Waals surface area contributed by atoms with Gasteiger partial charge in [0.2, 0.25) is 0 Å². The Bertz CT molecular complexity index is 731. The second kappa shape index (κ2) is 12.0. The molecular formula is C20H34N4O4S. The highest BCUT2D eigenvalue weighted by Crippen LogP contribution is 2.24. The Morgan fingerprint density at radius 2 is 1.90 bits per heavy atom. The number of methoxy groups -OCH3 is 1. The van der Waals surface area contributed by atoms with Gasteiger partial charge >= 0.3 is 0 Å². The fraction of sp³-hybridized carbons (Fsp3) is 0.650. The number of sulfone groups is 1. The number of morpholine rings is 1. The third-order valence-electron chi connectivity index (χ3n) is 4.90. The van der Waals surface area contributed by atoms with Gasteiger partial charge in [-0.3, -0.25) is 9.89 Å². The number of nitrogens with zero attached hydrogens (tertiary/aromatic N) is 2. The van der Waals surface area contributed by atoms with Crippen LogP contribution in [-0.4, -0.2) is 83.8 Å². The van der Waals surface area contributed by atoms with Crippen molar-refractivity contribution in [3.8, 4) is 5.75 Å². The summed E-state index contributed by atoms with van der Waals surface area (Å²) in [6.07, 6.45) is 0. The number of rotatable bonds is 10. The number of ether oxygens (including phenoxy) is 2. The molecule has 164 valence electrons. The molecule has 1 aromatic rings. The number of aliphatic imine (C=N–C) groups is 1. The van der Waals surface area contributed by atoms with Gasteiger partial charge in [-0.05, 0) is 24.6 Å². The molecule has 0 bridgehead atoms. The molecule has 1 fully saturated rings. The van der Waals surface area contributed by atoms with Crippen molar-refractivity contribution in [1.82, 2.24) is 15.5 Å².